The van der Waals surface area contributed by atoms with Gasteiger partial charge in [0.15, 0.2) is 5.82 Å². The van der Waals surface area contributed by atoms with Crippen LogP contribution < -0.4 is 16.2 Å². The first-order valence-electron chi connectivity index (χ1n) is 7.74. The van der Waals surface area contributed by atoms with Crippen LogP contribution in [0.5, 0.6) is 11.5 Å². The van der Waals surface area contributed by atoms with Crippen LogP contribution in [0.3, 0.4) is 0 Å². The lowest BCUT2D eigenvalue weighted by Crippen LogP contribution is -2.28. The van der Waals surface area contributed by atoms with Crippen molar-refractivity contribution in [2.75, 3.05) is 0 Å². The first-order chi connectivity index (χ1) is 12.3. The first kappa shape index (κ1) is 19.0. The number of rotatable bonds is 2. The molecule has 0 spiro atoms. The summed E-state index contributed by atoms with van der Waals surface area (Å²) in [4.78, 5) is 11.9. The fourth-order valence-corrected chi connectivity index (χ4v) is 3.00. The first-order valence-corrected chi connectivity index (χ1v) is 7.74. The maximum Gasteiger partial charge on any atom is 0.416 e. The lowest BCUT2D eigenvalue weighted by Gasteiger charge is -2.22. The van der Waals surface area contributed by atoms with Crippen LogP contribution in [-0.2, 0) is 12.6 Å². The highest BCUT2D eigenvalue weighted by Crippen LogP contribution is 2.34. The van der Waals surface area contributed by atoms with Gasteiger partial charge < -0.3 is 10.5 Å². The van der Waals surface area contributed by atoms with Gasteiger partial charge in [-0.3, -0.25) is 0 Å². The van der Waals surface area contributed by atoms with Gasteiger partial charge in [-0.15, -0.1) is 12.4 Å². The summed E-state index contributed by atoms with van der Waals surface area (Å²) in [6.45, 7) is 0. The van der Waals surface area contributed by atoms with E-state index < -0.39 is 23.5 Å². The van der Waals surface area contributed by atoms with E-state index in [0.29, 0.717) is 23.7 Å². The summed E-state index contributed by atoms with van der Waals surface area (Å²) in [6.07, 6.45) is -4.01. The van der Waals surface area contributed by atoms with Gasteiger partial charge in [0.05, 0.1) is 17.3 Å². The van der Waals surface area contributed by atoms with Crippen LogP contribution in [0.4, 0.5) is 13.2 Å². The van der Waals surface area contributed by atoms with Crippen molar-refractivity contribution in [3.63, 3.8) is 0 Å². The predicted octanol–water partition coefficient (Wildman–Crippen LogP) is 3.35. The van der Waals surface area contributed by atoms with Gasteiger partial charge in [0, 0.05) is 0 Å². The number of hydrogen-bond acceptors (Lipinski definition) is 4. The molecule has 0 aliphatic carbocycles. The third kappa shape index (κ3) is 3.43. The maximum absolute atomic E-state index is 12.8. The van der Waals surface area contributed by atoms with E-state index in [1.807, 2.05) is 0 Å². The molecule has 1 atom stereocenters. The molecule has 6 nitrogen and oxygen atoms in total. The highest BCUT2D eigenvalue weighted by Gasteiger charge is 2.31. The number of benzene rings is 2. The Morgan fingerprint density at radius 2 is 1.93 bits per heavy atom. The van der Waals surface area contributed by atoms with E-state index in [1.165, 1.54) is 16.7 Å². The van der Waals surface area contributed by atoms with Crippen molar-refractivity contribution in [3.8, 4) is 17.2 Å². The number of H-pyrrole nitrogens is 1. The molecule has 10 heteroatoms. The lowest BCUT2D eigenvalue weighted by molar-refractivity contribution is -0.137. The van der Waals surface area contributed by atoms with Crippen LogP contribution in [0.1, 0.15) is 23.0 Å². The zero-order valence-electron chi connectivity index (χ0n) is 13.7. The van der Waals surface area contributed by atoms with E-state index in [2.05, 4.69) is 10.2 Å². The van der Waals surface area contributed by atoms with Crippen molar-refractivity contribution in [3.05, 3.63) is 69.9 Å². The highest BCUT2D eigenvalue weighted by molar-refractivity contribution is 5.85. The molecule has 142 valence electrons. The van der Waals surface area contributed by atoms with Crippen molar-refractivity contribution >= 4 is 12.4 Å². The quantitative estimate of drug-likeness (QED) is 0.693. The van der Waals surface area contributed by atoms with Crippen LogP contribution >= 0.6 is 12.4 Å². The van der Waals surface area contributed by atoms with Crippen LogP contribution in [-0.4, -0.2) is 14.8 Å². The second-order valence-corrected chi connectivity index (χ2v) is 5.95. The van der Waals surface area contributed by atoms with Crippen LogP contribution in [0, 0.1) is 0 Å². The summed E-state index contributed by atoms with van der Waals surface area (Å²) < 4.78 is 45.4. The molecule has 0 saturated heterocycles. The molecule has 4 rings (SSSR count). The van der Waals surface area contributed by atoms with Crippen molar-refractivity contribution in [2.24, 2.45) is 5.73 Å². The molecule has 2 heterocycles. The Labute approximate surface area is 157 Å². The molecule has 0 bridgehead atoms. The van der Waals surface area contributed by atoms with E-state index in [4.69, 9.17) is 10.5 Å². The monoisotopic (exact) mass is 398 g/mol. The molecule has 0 saturated carbocycles. The van der Waals surface area contributed by atoms with E-state index in [9.17, 15) is 18.0 Å². The summed E-state index contributed by atoms with van der Waals surface area (Å²) in [6, 6.07) is 9.07. The van der Waals surface area contributed by atoms with Gasteiger partial charge >= 0.3 is 11.9 Å². The molecule has 0 radical (unpaired) electrons. The summed E-state index contributed by atoms with van der Waals surface area (Å²) in [7, 11) is 0. The summed E-state index contributed by atoms with van der Waals surface area (Å²) in [5, 5.41) is 6.29. The number of nitrogens with one attached hydrogen (secondary N) is 1. The van der Waals surface area contributed by atoms with E-state index in [-0.39, 0.29) is 18.2 Å². The average Bonchev–Trinajstić information content (AvgIpc) is 2.97. The number of ether oxygens (including phenoxy) is 1. The van der Waals surface area contributed by atoms with Crippen LogP contribution in [0.25, 0.3) is 5.69 Å². The fraction of sp³-hybridized carbons (Fsp3) is 0.176. The number of aromatic nitrogens is 3. The van der Waals surface area contributed by atoms with Gasteiger partial charge in [0.1, 0.15) is 11.5 Å². The summed E-state index contributed by atoms with van der Waals surface area (Å²) in [5.74, 6) is 0.866. The predicted molar refractivity (Wildman–Crippen MR) is 93.6 cm³/mol. The van der Waals surface area contributed by atoms with Crippen LogP contribution in [0.15, 0.2) is 47.3 Å². The lowest BCUT2D eigenvalue weighted by atomic mass is 9.99. The fourth-order valence-electron chi connectivity index (χ4n) is 3.00. The Hall–Kier alpha value is -2.78. The number of nitrogens with zero attached hydrogens (tertiary/aromatic N) is 2. The molecule has 1 aliphatic rings. The number of hydrogen-bond donors (Lipinski definition) is 2. The van der Waals surface area contributed by atoms with E-state index in [1.54, 1.807) is 18.2 Å². The topological polar surface area (TPSA) is 85.9 Å². The molecule has 1 aromatic heterocycles. The van der Waals surface area contributed by atoms with E-state index in [0.717, 1.165) is 17.7 Å². The summed E-state index contributed by atoms with van der Waals surface area (Å²) >= 11 is 0. The Morgan fingerprint density at radius 1 is 1.19 bits per heavy atom. The molecular weight excluding hydrogens is 385 g/mol. The standard InChI is InChI=1S/C17H13F3N4O2.ClH/c18-17(19,20)10-2-1-3-11(8-10)26-12-4-5-14-9(6-12)7-13(21)15-22-23-16(25)24(14)15;/h1-6,8,13H,7,21H2,(H,23,25);1H. The number of alkyl halides is 3. The van der Waals surface area contributed by atoms with Crippen molar-refractivity contribution in [1.29, 1.82) is 0 Å². The molecule has 0 fully saturated rings. The SMILES string of the molecule is Cl.NC1Cc2cc(Oc3cccc(C(F)(F)F)c3)ccc2-n2c1n[nH]c2=O. The molecular formula is C17H14ClF3N4O2. The number of halogens is 4. The van der Waals surface area contributed by atoms with Crippen molar-refractivity contribution in [2.45, 2.75) is 18.6 Å². The van der Waals surface area contributed by atoms with Gasteiger partial charge in [-0.2, -0.15) is 18.3 Å². The number of nitrogens with two attached hydrogens (primary N) is 1. The minimum absolute atomic E-state index is 0. The van der Waals surface area contributed by atoms with Gasteiger partial charge in [-0.1, -0.05) is 6.07 Å². The average molecular weight is 399 g/mol. The Morgan fingerprint density at radius 3 is 2.67 bits per heavy atom. The largest absolute Gasteiger partial charge is 0.457 e. The normalized spacial score (nSPS) is 15.5. The molecule has 2 aromatic carbocycles. The van der Waals surface area contributed by atoms with Crippen LogP contribution in [0.2, 0.25) is 0 Å². The molecule has 3 N–H and O–H groups in total. The third-order valence-electron chi connectivity index (χ3n) is 4.16. The smallest absolute Gasteiger partial charge is 0.416 e. The third-order valence-corrected chi connectivity index (χ3v) is 4.16. The van der Waals surface area contributed by atoms with Gasteiger partial charge in [0.2, 0.25) is 0 Å². The highest BCUT2D eigenvalue weighted by atomic mass is 35.5. The number of aromatic amines is 1. The zero-order chi connectivity index (χ0) is 18.5. The van der Waals surface area contributed by atoms with Crippen molar-refractivity contribution in [1.82, 2.24) is 14.8 Å². The number of fused-ring (bicyclic) bond motifs is 3. The Kier molecular flexibility index (Phi) is 4.75. The molecule has 1 unspecified atom stereocenters. The Balaban J connectivity index is 0.00000210. The van der Waals surface area contributed by atoms with Gasteiger partial charge in [-0.25, -0.2) is 14.5 Å². The second kappa shape index (κ2) is 6.75. The minimum atomic E-state index is -4.44. The van der Waals surface area contributed by atoms with E-state index >= 15 is 0 Å². The second-order valence-electron chi connectivity index (χ2n) is 5.95. The van der Waals surface area contributed by atoms with Gasteiger partial charge in [0.25, 0.3) is 0 Å². The molecule has 27 heavy (non-hydrogen) atoms. The Bertz CT molecular complexity index is 1050. The molecule has 1 aliphatic heterocycles. The molecule has 0 amide bonds. The van der Waals surface area contributed by atoms with Crippen molar-refractivity contribution < 1.29 is 17.9 Å². The molecule has 3 aromatic rings. The summed E-state index contributed by atoms with van der Waals surface area (Å²) in [5.41, 5.74) is 6.22. The minimum Gasteiger partial charge on any atom is -0.457 e. The van der Waals surface area contributed by atoms with Gasteiger partial charge in [-0.05, 0) is 48.4 Å². The zero-order valence-corrected chi connectivity index (χ0v) is 14.5. The maximum atomic E-state index is 12.8.